The van der Waals surface area contributed by atoms with Crippen LogP contribution in [0.4, 0.5) is 5.82 Å². The molecule has 1 aromatic rings. The van der Waals surface area contributed by atoms with E-state index in [0.717, 1.165) is 0 Å². The Bertz CT molecular complexity index is 826. The number of rotatable bonds is 5. The van der Waals surface area contributed by atoms with Gasteiger partial charge in [-0.05, 0) is 32.9 Å². The Hall–Kier alpha value is -2.68. The molecule has 1 fully saturated rings. The zero-order valence-electron chi connectivity index (χ0n) is 16.8. The van der Waals surface area contributed by atoms with Crippen LogP contribution in [0.3, 0.4) is 0 Å². The van der Waals surface area contributed by atoms with E-state index in [9.17, 15) is 14.4 Å². The Morgan fingerprint density at radius 1 is 1.46 bits per heavy atom. The maximum atomic E-state index is 12.5. The highest BCUT2D eigenvalue weighted by atomic mass is 16.8. The van der Waals surface area contributed by atoms with E-state index in [0.29, 0.717) is 0 Å². The molecule has 0 spiro atoms. The molecule has 0 unspecified atom stereocenters. The van der Waals surface area contributed by atoms with Crippen LogP contribution in [0, 0.1) is 11.3 Å². The highest BCUT2D eigenvalue weighted by Crippen LogP contribution is 2.41. The molecule has 1 aliphatic rings. The van der Waals surface area contributed by atoms with Gasteiger partial charge in [-0.3, -0.25) is 14.2 Å². The fourth-order valence-corrected chi connectivity index (χ4v) is 2.51. The highest BCUT2D eigenvalue weighted by Gasteiger charge is 2.54. The van der Waals surface area contributed by atoms with Gasteiger partial charge in [-0.2, -0.15) is 4.98 Å². The first kappa shape index (κ1) is 21.6. The number of carbonyl (C=O) groups is 2. The van der Waals surface area contributed by atoms with Crippen LogP contribution in [0.1, 0.15) is 47.3 Å². The third-order valence-corrected chi connectivity index (χ3v) is 4.23. The summed E-state index contributed by atoms with van der Waals surface area (Å²) in [5, 5.41) is 0. The van der Waals surface area contributed by atoms with Crippen LogP contribution in [-0.2, 0) is 23.8 Å². The lowest BCUT2D eigenvalue weighted by atomic mass is 9.97. The number of carbonyl (C=O) groups excluding carboxylic acids is 2. The summed E-state index contributed by atoms with van der Waals surface area (Å²) < 4.78 is 18.2. The summed E-state index contributed by atoms with van der Waals surface area (Å²) in [5.74, 6) is -3.13. The third-order valence-electron chi connectivity index (χ3n) is 4.23. The molecule has 2 heterocycles. The van der Waals surface area contributed by atoms with Crippen LogP contribution in [0.25, 0.3) is 0 Å². The normalized spacial score (nSPS) is 24.8. The van der Waals surface area contributed by atoms with Crippen LogP contribution < -0.4 is 11.4 Å². The molecule has 0 saturated carbocycles. The maximum absolute atomic E-state index is 12.5. The molecular formula is C19H27N3O6. The summed E-state index contributed by atoms with van der Waals surface area (Å²) in [6, 6.07) is 1.44. The summed E-state index contributed by atoms with van der Waals surface area (Å²) in [6.07, 6.45) is 0.872. The van der Waals surface area contributed by atoms with Gasteiger partial charge in [-0.1, -0.05) is 20.4 Å². The van der Waals surface area contributed by atoms with Gasteiger partial charge >= 0.3 is 17.6 Å². The quantitative estimate of drug-likeness (QED) is 0.593. The van der Waals surface area contributed by atoms with Gasteiger partial charge in [0.1, 0.15) is 12.0 Å². The van der Waals surface area contributed by atoms with Crippen molar-refractivity contribution in [3.8, 4) is 0 Å². The number of anilines is 1. The molecule has 0 aliphatic carbocycles. The van der Waals surface area contributed by atoms with Crippen molar-refractivity contribution in [1.29, 1.82) is 0 Å². The first-order chi connectivity index (χ1) is 12.9. The maximum Gasteiger partial charge on any atom is 0.351 e. The Morgan fingerprint density at radius 2 is 2.11 bits per heavy atom. The summed E-state index contributed by atoms with van der Waals surface area (Å²) >= 11 is 0. The molecule has 0 bridgehead atoms. The second kappa shape index (κ2) is 7.75. The molecule has 2 rings (SSSR count). The smallest absolute Gasteiger partial charge is 0.351 e. The lowest BCUT2D eigenvalue weighted by Crippen LogP contribution is -2.46. The Labute approximate surface area is 163 Å². The number of nitrogen functional groups attached to an aromatic ring is 1. The van der Waals surface area contributed by atoms with Gasteiger partial charge in [0.2, 0.25) is 0 Å². The fraction of sp³-hybridized carbons (Fsp3) is 0.579. The largest absolute Gasteiger partial charge is 0.455 e. The number of nitrogens with two attached hydrogens (primary N) is 1. The van der Waals surface area contributed by atoms with E-state index in [1.54, 1.807) is 34.6 Å². The lowest BCUT2D eigenvalue weighted by Gasteiger charge is -2.33. The molecule has 154 valence electrons. The van der Waals surface area contributed by atoms with Crippen LogP contribution in [0.2, 0.25) is 0 Å². The van der Waals surface area contributed by atoms with Crippen molar-refractivity contribution >= 4 is 17.8 Å². The van der Waals surface area contributed by atoms with Crippen molar-refractivity contribution in [2.75, 3.05) is 5.73 Å². The Balaban J connectivity index is 2.42. The molecule has 28 heavy (non-hydrogen) atoms. The fourth-order valence-electron chi connectivity index (χ4n) is 2.51. The number of aromatic nitrogens is 2. The summed E-state index contributed by atoms with van der Waals surface area (Å²) in [7, 11) is 0. The minimum atomic E-state index is -1.74. The molecule has 1 saturated heterocycles. The van der Waals surface area contributed by atoms with Gasteiger partial charge < -0.3 is 19.9 Å². The number of ether oxygens (including phenoxy) is 3. The van der Waals surface area contributed by atoms with Gasteiger partial charge in [0.25, 0.3) is 5.79 Å². The van der Waals surface area contributed by atoms with E-state index in [4.69, 9.17) is 19.9 Å². The highest BCUT2D eigenvalue weighted by molar-refractivity contribution is 5.76. The second-order valence-electron chi connectivity index (χ2n) is 8.00. The first-order valence-electron chi connectivity index (χ1n) is 8.99. The average molecular weight is 393 g/mol. The lowest BCUT2D eigenvalue weighted by molar-refractivity contribution is -0.242. The Kier molecular flexibility index (Phi) is 5.98. The minimum Gasteiger partial charge on any atom is -0.455 e. The van der Waals surface area contributed by atoms with Crippen molar-refractivity contribution in [3.63, 3.8) is 0 Å². The van der Waals surface area contributed by atoms with Crippen molar-refractivity contribution in [3.05, 3.63) is 35.4 Å². The molecule has 1 aliphatic heterocycles. The molecule has 2 N–H and O–H groups in total. The summed E-state index contributed by atoms with van der Waals surface area (Å²) in [4.78, 5) is 40.6. The van der Waals surface area contributed by atoms with Gasteiger partial charge in [0.15, 0.2) is 6.10 Å². The minimum absolute atomic E-state index is 0.0629. The molecule has 9 heteroatoms. The van der Waals surface area contributed by atoms with Crippen LogP contribution in [0.5, 0.6) is 0 Å². The van der Waals surface area contributed by atoms with Crippen molar-refractivity contribution in [2.45, 2.75) is 59.2 Å². The van der Waals surface area contributed by atoms with Crippen LogP contribution in [-0.4, -0.2) is 33.4 Å². The van der Waals surface area contributed by atoms with E-state index in [1.165, 1.54) is 22.9 Å². The first-order valence-corrected chi connectivity index (χ1v) is 8.99. The topological polar surface area (TPSA) is 123 Å². The monoisotopic (exact) mass is 393 g/mol. The van der Waals surface area contributed by atoms with E-state index in [1.807, 2.05) is 0 Å². The van der Waals surface area contributed by atoms with E-state index in [2.05, 4.69) is 11.6 Å². The number of hydrogen-bond donors (Lipinski definition) is 1. The van der Waals surface area contributed by atoms with E-state index >= 15 is 0 Å². The molecule has 0 amide bonds. The summed E-state index contributed by atoms with van der Waals surface area (Å²) in [6.45, 7) is 12.1. The zero-order valence-corrected chi connectivity index (χ0v) is 16.8. The van der Waals surface area contributed by atoms with Crippen LogP contribution in [0.15, 0.2) is 29.7 Å². The zero-order chi connectivity index (χ0) is 21.3. The number of esters is 2. The van der Waals surface area contributed by atoms with Gasteiger partial charge in [0, 0.05) is 12.6 Å². The second-order valence-corrected chi connectivity index (χ2v) is 8.00. The van der Waals surface area contributed by atoms with E-state index < -0.39 is 47.1 Å². The SMILES string of the molecule is C=C[C@]1(OC(=O)C(C)(C)C)O[C@@H](n2ccc(N)nc2=O)C[C@@H]1OC(=O)C(C)C. The van der Waals surface area contributed by atoms with E-state index in [-0.39, 0.29) is 12.2 Å². The van der Waals surface area contributed by atoms with Gasteiger partial charge in [0.05, 0.1) is 11.3 Å². The molecule has 1 aromatic heterocycles. The standard InChI is InChI=1S/C19H27N3O6/c1-7-19(28-16(24)18(4,5)6)12(26-15(23)11(2)3)10-14(27-19)22-9-8-13(20)21-17(22)25/h7-9,11-12,14H,1,10H2,2-6H3,(H2,20,21,25)/t12-,14+,19+/m0/s1. The molecular weight excluding hydrogens is 366 g/mol. The van der Waals surface area contributed by atoms with Crippen molar-refractivity contribution in [2.24, 2.45) is 11.3 Å². The van der Waals surface area contributed by atoms with Crippen molar-refractivity contribution < 1.29 is 23.8 Å². The predicted octanol–water partition coefficient (Wildman–Crippen LogP) is 1.78. The summed E-state index contributed by atoms with van der Waals surface area (Å²) in [5.41, 5.74) is 4.06. The Morgan fingerprint density at radius 3 is 2.61 bits per heavy atom. The van der Waals surface area contributed by atoms with Gasteiger partial charge in [-0.15, -0.1) is 0 Å². The number of hydrogen-bond acceptors (Lipinski definition) is 8. The molecule has 3 atom stereocenters. The molecule has 9 nitrogen and oxygen atoms in total. The molecule has 0 aromatic carbocycles. The average Bonchev–Trinajstić information content (AvgIpc) is 2.92. The third kappa shape index (κ3) is 4.41. The molecule has 0 radical (unpaired) electrons. The predicted molar refractivity (Wildman–Crippen MR) is 101 cm³/mol. The van der Waals surface area contributed by atoms with Crippen LogP contribution >= 0.6 is 0 Å². The number of nitrogens with zero attached hydrogens (tertiary/aromatic N) is 2. The van der Waals surface area contributed by atoms with Crippen molar-refractivity contribution in [1.82, 2.24) is 9.55 Å². The van der Waals surface area contributed by atoms with Gasteiger partial charge in [-0.25, -0.2) is 4.79 Å².